The van der Waals surface area contributed by atoms with Crippen molar-refractivity contribution in [3.05, 3.63) is 24.0 Å². The number of nitrogens with one attached hydrogen (secondary N) is 1. The van der Waals surface area contributed by atoms with Gasteiger partial charge in [0.1, 0.15) is 12.2 Å². The second kappa shape index (κ2) is 5.64. The van der Waals surface area contributed by atoms with Gasteiger partial charge in [0.2, 0.25) is 0 Å². The summed E-state index contributed by atoms with van der Waals surface area (Å²) in [4.78, 5) is 11.8. The van der Waals surface area contributed by atoms with Gasteiger partial charge in [-0.25, -0.2) is 0 Å². The van der Waals surface area contributed by atoms with Crippen LogP contribution in [0.5, 0.6) is 0 Å². The Morgan fingerprint density at radius 2 is 2.11 bits per heavy atom. The van der Waals surface area contributed by atoms with E-state index < -0.39 is 24.2 Å². The Hall–Kier alpha value is -1.50. The molecule has 0 aliphatic carbocycles. The first-order chi connectivity index (χ1) is 8.64. The highest BCUT2D eigenvalue weighted by molar-refractivity contribution is 5.92. The Balaban J connectivity index is 2.71. The Bertz CT molecular complexity index is 438. The lowest BCUT2D eigenvalue weighted by Gasteiger charge is -2.21. The van der Waals surface area contributed by atoms with E-state index in [9.17, 15) is 23.1 Å². The highest BCUT2D eigenvalue weighted by atomic mass is 19.4. The van der Waals surface area contributed by atoms with Gasteiger partial charge in [0, 0.05) is 12.7 Å². The van der Waals surface area contributed by atoms with Crippen LogP contribution in [0.15, 0.2) is 18.3 Å². The number of alkyl halides is 3. The molecule has 0 aliphatic rings. The van der Waals surface area contributed by atoms with Gasteiger partial charge in [-0.05, 0) is 25.5 Å². The van der Waals surface area contributed by atoms with E-state index in [-0.39, 0.29) is 12.2 Å². The Morgan fingerprint density at radius 1 is 1.47 bits per heavy atom. The first-order valence-corrected chi connectivity index (χ1v) is 5.87. The van der Waals surface area contributed by atoms with Crippen molar-refractivity contribution < 1.29 is 23.1 Å². The Kier molecular flexibility index (Phi) is 4.62. The van der Waals surface area contributed by atoms with Crippen molar-refractivity contribution in [1.82, 2.24) is 9.88 Å². The topological polar surface area (TPSA) is 54.3 Å². The molecule has 0 aliphatic heterocycles. The fourth-order valence-corrected chi connectivity index (χ4v) is 1.44. The summed E-state index contributed by atoms with van der Waals surface area (Å²) >= 11 is 0. The van der Waals surface area contributed by atoms with Crippen molar-refractivity contribution in [2.75, 3.05) is 6.54 Å². The number of carbonyl (C=O) groups is 1. The maximum Gasteiger partial charge on any atom is 0.406 e. The van der Waals surface area contributed by atoms with Gasteiger partial charge >= 0.3 is 6.18 Å². The predicted molar refractivity (Wildman–Crippen MR) is 63.7 cm³/mol. The van der Waals surface area contributed by atoms with E-state index in [4.69, 9.17) is 0 Å². The first kappa shape index (κ1) is 15.6. The van der Waals surface area contributed by atoms with Crippen molar-refractivity contribution in [3.8, 4) is 0 Å². The third-order valence-electron chi connectivity index (χ3n) is 2.80. The predicted octanol–water partition coefficient (Wildman–Crippen LogP) is 1.94. The summed E-state index contributed by atoms with van der Waals surface area (Å²) in [5, 5.41) is 12.1. The standard InChI is InChI=1S/C12H17F3N2O2/c1-3-11(2,19)7-16-10(18)9-5-4-6-17(9)8-12(13,14)15/h4-6,19H,3,7-8H2,1-2H3,(H,16,18). The van der Waals surface area contributed by atoms with Crippen LogP contribution in [0.25, 0.3) is 0 Å². The molecular formula is C12H17F3N2O2. The molecule has 0 saturated heterocycles. The minimum atomic E-state index is -4.39. The van der Waals surface area contributed by atoms with Gasteiger partial charge < -0.3 is 15.0 Å². The second-order valence-corrected chi connectivity index (χ2v) is 4.67. The van der Waals surface area contributed by atoms with Crippen LogP contribution < -0.4 is 5.32 Å². The van der Waals surface area contributed by atoms with Crippen LogP contribution in [0.1, 0.15) is 30.8 Å². The summed E-state index contributed by atoms with van der Waals surface area (Å²) in [5.74, 6) is -0.636. The van der Waals surface area contributed by atoms with E-state index in [0.29, 0.717) is 6.42 Å². The molecule has 1 unspecified atom stereocenters. The molecule has 19 heavy (non-hydrogen) atoms. The molecule has 1 aromatic rings. The Morgan fingerprint density at radius 3 is 2.63 bits per heavy atom. The molecule has 0 aromatic carbocycles. The third-order valence-corrected chi connectivity index (χ3v) is 2.80. The van der Waals surface area contributed by atoms with Gasteiger partial charge in [-0.2, -0.15) is 13.2 Å². The van der Waals surface area contributed by atoms with Crippen LogP contribution >= 0.6 is 0 Å². The van der Waals surface area contributed by atoms with Crippen LogP contribution in [-0.4, -0.2) is 33.9 Å². The Labute approximate surface area is 109 Å². The van der Waals surface area contributed by atoms with E-state index in [0.717, 1.165) is 4.57 Å². The normalized spacial score (nSPS) is 15.1. The lowest BCUT2D eigenvalue weighted by Crippen LogP contribution is -2.40. The SMILES string of the molecule is CCC(C)(O)CNC(=O)c1cccn1CC(F)(F)F. The maximum absolute atomic E-state index is 12.3. The summed E-state index contributed by atoms with van der Waals surface area (Å²) < 4.78 is 37.7. The molecule has 2 N–H and O–H groups in total. The smallest absolute Gasteiger partial charge is 0.388 e. The van der Waals surface area contributed by atoms with Gasteiger partial charge in [-0.15, -0.1) is 0 Å². The summed E-state index contributed by atoms with van der Waals surface area (Å²) in [6.07, 6.45) is -2.76. The molecule has 0 saturated carbocycles. The number of hydrogen-bond acceptors (Lipinski definition) is 2. The van der Waals surface area contributed by atoms with Gasteiger partial charge in [0.15, 0.2) is 0 Å². The molecule has 1 heterocycles. The maximum atomic E-state index is 12.3. The van der Waals surface area contributed by atoms with Crippen LogP contribution in [0, 0.1) is 0 Å². The fourth-order valence-electron chi connectivity index (χ4n) is 1.44. The first-order valence-electron chi connectivity index (χ1n) is 5.87. The number of halogens is 3. The molecule has 1 rings (SSSR count). The zero-order valence-electron chi connectivity index (χ0n) is 10.8. The van der Waals surface area contributed by atoms with Gasteiger partial charge in [-0.3, -0.25) is 4.79 Å². The number of aromatic nitrogens is 1. The highest BCUT2D eigenvalue weighted by Gasteiger charge is 2.29. The number of hydrogen-bond donors (Lipinski definition) is 2. The summed E-state index contributed by atoms with van der Waals surface area (Å²) in [6, 6.07) is 2.68. The average molecular weight is 278 g/mol. The molecule has 1 atom stereocenters. The van der Waals surface area contributed by atoms with E-state index in [1.54, 1.807) is 13.8 Å². The van der Waals surface area contributed by atoms with E-state index in [1.807, 2.05) is 0 Å². The van der Waals surface area contributed by atoms with E-state index in [2.05, 4.69) is 5.32 Å². The molecular weight excluding hydrogens is 261 g/mol. The molecule has 0 bridgehead atoms. The van der Waals surface area contributed by atoms with Crippen molar-refractivity contribution in [3.63, 3.8) is 0 Å². The molecule has 0 spiro atoms. The molecule has 7 heteroatoms. The van der Waals surface area contributed by atoms with E-state index in [1.165, 1.54) is 18.3 Å². The number of nitrogens with zero attached hydrogens (tertiary/aromatic N) is 1. The second-order valence-electron chi connectivity index (χ2n) is 4.67. The van der Waals surface area contributed by atoms with Crippen molar-refractivity contribution >= 4 is 5.91 Å². The molecule has 1 aromatic heterocycles. The van der Waals surface area contributed by atoms with Gasteiger partial charge in [0.25, 0.3) is 5.91 Å². The van der Waals surface area contributed by atoms with Crippen LogP contribution in [-0.2, 0) is 6.54 Å². The average Bonchev–Trinajstić information content (AvgIpc) is 2.71. The van der Waals surface area contributed by atoms with Gasteiger partial charge in [0.05, 0.1) is 5.60 Å². The highest BCUT2D eigenvalue weighted by Crippen LogP contribution is 2.19. The third kappa shape index (κ3) is 4.94. The number of amides is 1. The summed E-state index contributed by atoms with van der Waals surface area (Å²) in [6.45, 7) is 2.06. The molecule has 0 radical (unpaired) electrons. The monoisotopic (exact) mass is 278 g/mol. The van der Waals surface area contributed by atoms with Crippen LogP contribution in [0.2, 0.25) is 0 Å². The summed E-state index contributed by atoms with van der Waals surface area (Å²) in [5.41, 5.74) is -1.15. The molecule has 108 valence electrons. The zero-order chi connectivity index (χ0) is 14.7. The molecule has 4 nitrogen and oxygen atoms in total. The molecule has 1 amide bonds. The fraction of sp³-hybridized carbons (Fsp3) is 0.583. The van der Waals surface area contributed by atoms with Crippen molar-refractivity contribution in [1.29, 1.82) is 0 Å². The number of aliphatic hydroxyl groups is 1. The number of carbonyl (C=O) groups excluding carboxylic acids is 1. The lowest BCUT2D eigenvalue weighted by atomic mass is 10.0. The zero-order valence-corrected chi connectivity index (χ0v) is 10.8. The van der Waals surface area contributed by atoms with Gasteiger partial charge in [-0.1, -0.05) is 6.92 Å². The lowest BCUT2D eigenvalue weighted by molar-refractivity contribution is -0.140. The minimum absolute atomic E-state index is 0.0144. The minimum Gasteiger partial charge on any atom is -0.388 e. The van der Waals surface area contributed by atoms with Crippen molar-refractivity contribution in [2.45, 2.75) is 38.6 Å². The molecule has 0 fully saturated rings. The number of rotatable bonds is 5. The van der Waals surface area contributed by atoms with Crippen molar-refractivity contribution in [2.24, 2.45) is 0 Å². The van der Waals surface area contributed by atoms with Crippen LogP contribution in [0.3, 0.4) is 0 Å². The van der Waals surface area contributed by atoms with Crippen LogP contribution in [0.4, 0.5) is 13.2 Å². The van der Waals surface area contributed by atoms with E-state index >= 15 is 0 Å². The quantitative estimate of drug-likeness (QED) is 0.865. The summed E-state index contributed by atoms with van der Waals surface area (Å²) in [7, 11) is 0. The largest absolute Gasteiger partial charge is 0.406 e.